The lowest BCUT2D eigenvalue weighted by Gasteiger charge is -2.13. The van der Waals surface area contributed by atoms with E-state index in [4.69, 9.17) is 10.5 Å². The summed E-state index contributed by atoms with van der Waals surface area (Å²) in [6, 6.07) is 3.83. The van der Waals surface area contributed by atoms with E-state index in [0.29, 0.717) is 18.6 Å². The second kappa shape index (κ2) is 5.56. The highest BCUT2D eigenvalue weighted by Crippen LogP contribution is 2.21. The van der Waals surface area contributed by atoms with E-state index < -0.39 is 0 Å². The smallest absolute Gasteiger partial charge is 0.0666 e. The molecule has 0 saturated carbocycles. The Morgan fingerprint density at radius 3 is 2.67 bits per heavy atom. The minimum absolute atomic E-state index is 0.112. The average molecular weight is 207 g/mol. The second-order valence-electron chi connectivity index (χ2n) is 3.79. The summed E-state index contributed by atoms with van der Waals surface area (Å²) < 4.78 is 0. The predicted octanol–water partition coefficient (Wildman–Crippen LogP) is 1.68. The summed E-state index contributed by atoms with van der Waals surface area (Å²) in [6.45, 7) is 3.78. The molecular weight excluding hydrogens is 190 g/mol. The van der Waals surface area contributed by atoms with Crippen molar-refractivity contribution in [1.82, 2.24) is 10.2 Å². The fourth-order valence-electron chi connectivity index (χ4n) is 1.51. The number of aliphatic hydroxyl groups is 1. The fourth-order valence-corrected chi connectivity index (χ4v) is 1.51. The van der Waals surface area contributed by atoms with Gasteiger partial charge in [-0.1, -0.05) is 0 Å². The van der Waals surface area contributed by atoms with Crippen LogP contribution in [0.4, 0.5) is 0 Å². The van der Waals surface area contributed by atoms with Gasteiger partial charge in [0.05, 0.1) is 11.4 Å². The van der Waals surface area contributed by atoms with E-state index >= 15 is 0 Å². The maximum atomic E-state index is 8.95. The average Bonchev–Trinajstić information content (AvgIpc) is 2.17. The molecule has 2 N–H and O–H groups in total. The molecule has 82 valence electrons. The van der Waals surface area contributed by atoms with E-state index in [1.54, 1.807) is 6.92 Å². The lowest BCUT2D eigenvalue weighted by molar-refractivity contribution is 0.275. The normalized spacial score (nSPS) is 12.5. The zero-order valence-electron chi connectivity index (χ0n) is 9.20. The van der Waals surface area contributed by atoms with Gasteiger partial charge in [-0.15, -0.1) is 0 Å². The van der Waals surface area contributed by atoms with Crippen molar-refractivity contribution in [2.24, 2.45) is 0 Å². The molecule has 1 aromatic rings. The van der Waals surface area contributed by atoms with Crippen molar-refractivity contribution in [3.63, 3.8) is 0 Å². The van der Waals surface area contributed by atoms with Gasteiger partial charge in [0.25, 0.3) is 0 Å². The molecule has 0 bridgehead atoms. The third-order valence-electron chi connectivity index (χ3n) is 2.27. The first-order valence-corrected chi connectivity index (χ1v) is 5.08. The Morgan fingerprint density at radius 2 is 2.20 bits per heavy atom. The number of rotatable bonds is 5. The zero-order valence-corrected chi connectivity index (χ0v) is 9.20. The van der Waals surface area contributed by atoms with E-state index in [0.717, 1.165) is 11.4 Å². The highest BCUT2D eigenvalue weighted by molar-refractivity contribution is 5.79. The SMILES string of the molecule is CC(=N)CC(CCO)c1ccc(C)nn1. The molecule has 0 fully saturated rings. The van der Waals surface area contributed by atoms with Gasteiger partial charge in [-0.2, -0.15) is 10.2 Å². The van der Waals surface area contributed by atoms with Gasteiger partial charge in [-0.05, 0) is 38.8 Å². The summed E-state index contributed by atoms with van der Waals surface area (Å²) in [4.78, 5) is 0. The molecule has 1 unspecified atom stereocenters. The van der Waals surface area contributed by atoms with Gasteiger partial charge >= 0.3 is 0 Å². The largest absolute Gasteiger partial charge is 0.396 e. The highest BCUT2D eigenvalue weighted by Gasteiger charge is 2.13. The number of aliphatic hydroxyl groups excluding tert-OH is 1. The summed E-state index contributed by atoms with van der Waals surface area (Å²) in [5.41, 5.74) is 2.35. The zero-order chi connectivity index (χ0) is 11.3. The maximum Gasteiger partial charge on any atom is 0.0666 e. The van der Waals surface area contributed by atoms with Crippen molar-refractivity contribution >= 4 is 5.71 Å². The van der Waals surface area contributed by atoms with Crippen LogP contribution >= 0.6 is 0 Å². The topological polar surface area (TPSA) is 69.9 Å². The molecule has 4 heteroatoms. The second-order valence-corrected chi connectivity index (χ2v) is 3.79. The molecular formula is C11H17N3O. The lowest BCUT2D eigenvalue weighted by Crippen LogP contribution is -2.09. The van der Waals surface area contributed by atoms with Crippen LogP contribution in [0.15, 0.2) is 12.1 Å². The lowest BCUT2D eigenvalue weighted by atomic mass is 9.95. The Hall–Kier alpha value is -1.29. The Labute approximate surface area is 89.9 Å². The number of nitrogens with one attached hydrogen (secondary N) is 1. The van der Waals surface area contributed by atoms with Crippen molar-refractivity contribution in [3.8, 4) is 0 Å². The van der Waals surface area contributed by atoms with E-state index in [-0.39, 0.29) is 12.5 Å². The summed E-state index contributed by atoms with van der Waals surface area (Å²) in [5, 5.41) is 24.5. The van der Waals surface area contributed by atoms with Gasteiger partial charge in [-0.25, -0.2) is 0 Å². The molecule has 0 aliphatic heterocycles. The molecule has 1 heterocycles. The van der Waals surface area contributed by atoms with Gasteiger partial charge in [0.15, 0.2) is 0 Å². The monoisotopic (exact) mass is 207 g/mol. The van der Waals surface area contributed by atoms with Crippen LogP contribution in [-0.2, 0) is 0 Å². The fraction of sp³-hybridized carbons (Fsp3) is 0.545. The molecule has 0 spiro atoms. The number of hydrogen-bond donors (Lipinski definition) is 2. The first-order chi connectivity index (χ1) is 7.13. The van der Waals surface area contributed by atoms with Crippen LogP contribution in [0.25, 0.3) is 0 Å². The summed E-state index contributed by atoms with van der Waals surface area (Å²) in [5.74, 6) is 0.112. The van der Waals surface area contributed by atoms with Crippen molar-refractivity contribution in [1.29, 1.82) is 5.41 Å². The molecule has 1 rings (SSSR count). The van der Waals surface area contributed by atoms with Crippen molar-refractivity contribution in [3.05, 3.63) is 23.5 Å². The Balaban J connectivity index is 2.78. The number of aromatic nitrogens is 2. The third kappa shape index (κ3) is 3.75. The highest BCUT2D eigenvalue weighted by atomic mass is 16.3. The van der Waals surface area contributed by atoms with Crippen LogP contribution in [0.3, 0.4) is 0 Å². The summed E-state index contributed by atoms with van der Waals surface area (Å²) in [6.07, 6.45) is 1.27. The first kappa shape index (κ1) is 11.8. The van der Waals surface area contributed by atoms with E-state index in [2.05, 4.69) is 10.2 Å². The molecule has 0 radical (unpaired) electrons. The van der Waals surface area contributed by atoms with Crippen LogP contribution < -0.4 is 0 Å². The number of aryl methyl sites for hydroxylation is 1. The van der Waals surface area contributed by atoms with Crippen molar-refractivity contribution in [2.75, 3.05) is 6.61 Å². The van der Waals surface area contributed by atoms with Gasteiger partial charge in [0.2, 0.25) is 0 Å². The van der Waals surface area contributed by atoms with Crippen LogP contribution in [0, 0.1) is 12.3 Å². The van der Waals surface area contributed by atoms with E-state index in [1.165, 1.54) is 0 Å². The maximum absolute atomic E-state index is 8.95. The Bertz CT molecular complexity index is 321. The van der Waals surface area contributed by atoms with Gasteiger partial charge < -0.3 is 10.5 Å². The molecule has 1 atom stereocenters. The molecule has 0 saturated heterocycles. The molecule has 0 aliphatic rings. The number of hydrogen-bond acceptors (Lipinski definition) is 4. The quantitative estimate of drug-likeness (QED) is 0.722. The first-order valence-electron chi connectivity index (χ1n) is 5.08. The van der Waals surface area contributed by atoms with Crippen LogP contribution in [0.1, 0.15) is 37.1 Å². The summed E-state index contributed by atoms with van der Waals surface area (Å²) in [7, 11) is 0. The van der Waals surface area contributed by atoms with Crippen molar-refractivity contribution in [2.45, 2.75) is 32.6 Å². The standard InChI is InChI=1S/C11H17N3O/c1-8(12)7-10(5-6-15)11-4-3-9(2)13-14-11/h3-4,10,12,15H,5-7H2,1-2H3. The van der Waals surface area contributed by atoms with Gasteiger partial charge in [-0.3, -0.25) is 0 Å². The predicted molar refractivity (Wildman–Crippen MR) is 59.2 cm³/mol. The number of nitrogens with zero attached hydrogens (tertiary/aromatic N) is 2. The van der Waals surface area contributed by atoms with Crippen LogP contribution in [0.5, 0.6) is 0 Å². The van der Waals surface area contributed by atoms with E-state index in [9.17, 15) is 0 Å². The minimum atomic E-state index is 0.112. The Kier molecular flexibility index (Phi) is 4.37. The summed E-state index contributed by atoms with van der Waals surface area (Å²) >= 11 is 0. The molecule has 4 nitrogen and oxygen atoms in total. The van der Waals surface area contributed by atoms with E-state index in [1.807, 2.05) is 19.1 Å². The molecule has 0 aromatic carbocycles. The molecule has 15 heavy (non-hydrogen) atoms. The third-order valence-corrected chi connectivity index (χ3v) is 2.27. The molecule has 0 aliphatic carbocycles. The molecule has 1 aromatic heterocycles. The van der Waals surface area contributed by atoms with Crippen LogP contribution in [-0.4, -0.2) is 27.6 Å². The Morgan fingerprint density at radius 1 is 1.47 bits per heavy atom. The van der Waals surface area contributed by atoms with Crippen molar-refractivity contribution < 1.29 is 5.11 Å². The molecule has 0 amide bonds. The van der Waals surface area contributed by atoms with Crippen LogP contribution in [0.2, 0.25) is 0 Å². The minimum Gasteiger partial charge on any atom is -0.396 e. The van der Waals surface area contributed by atoms with Gasteiger partial charge in [0, 0.05) is 18.2 Å². The van der Waals surface area contributed by atoms with Gasteiger partial charge in [0.1, 0.15) is 0 Å².